The van der Waals surface area contributed by atoms with Crippen molar-refractivity contribution in [2.45, 2.75) is 19.4 Å². The molecule has 0 unspecified atom stereocenters. The molecule has 0 aliphatic rings. The van der Waals surface area contributed by atoms with E-state index in [1.54, 1.807) is 18.2 Å². The quantitative estimate of drug-likeness (QED) is 0.696. The lowest BCUT2D eigenvalue weighted by molar-refractivity contribution is 0.473. The van der Waals surface area contributed by atoms with E-state index in [1.807, 2.05) is 13.0 Å². The van der Waals surface area contributed by atoms with Crippen LogP contribution in [0.3, 0.4) is 0 Å². The third-order valence-corrected chi connectivity index (χ3v) is 1.87. The van der Waals surface area contributed by atoms with Gasteiger partial charge in [-0.3, -0.25) is 0 Å². The number of benzene rings is 1. The summed E-state index contributed by atoms with van der Waals surface area (Å²) in [5, 5.41) is 9.22. The van der Waals surface area contributed by atoms with E-state index in [2.05, 4.69) is 6.58 Å². The van der Waals surface area contributed by atoms with Gasteiger partial charge < -0.3 is 10.8 Å². The van der Waals surface area contributed by atoms with Crippen molar-refractivity contribution < 1.29 is 5.11 Å². The summed E-state index contributed by atoms with van der Waals surface area (Å²) >= 11 is 0. The van der Waals surface area contributed by atoms with Gasteiger partial charge in [0.15, 0.2) is 0 Å². The van der Waals surface area contributed by atoms with Crippen LogP contribution in [-0.4, -0.2) is 5.11 Å². The van der Waals surface area contributed by atoms with Crippen molar-refractivity contribution in [3.05, 3.63) is 42.0 Å². The smallest absolute Gasteiger partial charge is 0.115 e. The number of nitrogens with two attached hydrogens (primary N) is 1. The summed E-state index contributed by atoms with van der Waals surface area (Å²) in [6.07, 6.45) is 0.753. The SMILES string of the molecule is C=C(C)C[C@H](N)c1cccc(O)c1. The lowest BCUT2D eigenvalue weighted by Gasteiger charge is -2.11. The van der Waals surface area contributed by atoms with Gasteiger partial charge in [-0.25, -0.2) is 0 Å². The molecule has 1 aromatic rings. The van der Waals surface area contributed by atoms with Gasteiger partial charge in [-0.1, -0.05) is 17.7 Å². The third kappa shape index (κ3) is 2.92. The molecule has 0 amide bonds. The summed E-state index contributed by atoms with van der Waals surface area (Å²) < 4.78 is 0. The van der Waals surface area contributed by atoms with E-state index < -0.39 is 0 Å². The zero-order valence-corrected chi connectivity index (χ0v) is 7.83. The van der Waals surface area contributed by atoms with Crippen LogP contribution >= 0.6 is 0 Å². The van der Waals surface area contributed by atoms with Crippen molar-refractivity contribution in [1.82, 2.24) is 0 Å². The van der Waals surface area contributed by atoms with Crippen LogP contribution in [0.1, 0.15) is 24.9 Å². The van der Waals surface area contributed by atoms with Gasteiger partial charge in [0.05, 0.1) is 0 Å². The van der Waals surface area contributed by atoms with Crippen LogP contribution in [0.25, 0.3) is 0 Å². The number of rotatable bonds is 3. The summed E-state index contributed by atoms with van der Waals surface area (Å²) in [5.41, 5.74) is 7.89. The third-order valence-electron chi connectivity index (χ3n) is 1.87. The second kappa shape index (κ2) is 4.10. The van der Waals surface area contributed by atoms with Gasteiger partial charge in [0.2, 0.25) is 0 Å². The van der Waals surface area contributed by atoms with E-state index in [0.29, 0.717) is 0 Å². The highest BCUT2D eigenvalue weighted by atomic mass is 16.3. The predicted molar refractivity (Wildman–Crippen MR) is 54.5 cm³/mol. The Morgan fingerprint density at radius 3 is 2.85 bits per heavy atom. The summed E-state index contributed by atoms with van der Waals surface area (Å²) in [4.78, 5) is 0. The Labute approximate surface area is 78.7 Å². The molecule has 0 spiro atoms. The maximum Gasteiger partial charge on any atom is 0.115 e. The fraction of sp³-hybridized carbons (Fsp3) is 0.273. The zero-order chi connectivity index (χ0) is 9.84. The van der Waals surface area contributed by atoms with E-state index in [4.69, 9.17) is 5.73 Å². The van der Waals surface area contributed by atoms with Crippen LogP contribution in [0, 0.1) is 0 Å². The Bertz CT molecular complexity index is 307. The zero-order valence-electron chi connectivity index (χ0n) is 7.83. The first-order valence-corrected chi connectivity index (χ1v) is 4.28. The minimum absolute atomic E-state index is 0.0652. The Morgan fingerprint density at radius 2 is 2.31 bits per heavy atom. The summed E-state index contributed by atoms with van der Waals surface area (Å²) in [6.45, 7) is 5.75. The first-order chi connectivity index (χ1) is 6.09. The Kier molecular flexibility index (Phi) is 3.09. The molecule has 0 heterocycles. The van der Waals surface area contributed by atoms with Gasteiger partial charge in [0, 0.05) is 6.04 Å². The second-order valence-electron chi connectivity index (χ2n) is 3.36. The summed E-state index contributed by atoms with van der Waals surface area (Å²) in [5.74, 6) is 0.259. The minimum atomic E-state index is -0.0652. The highest BCUT2D eigenvalue weighted by Gasteiger charge is 2.05. The lowest BCUT2D eigenvalue weighted by Crippen LogP contribution is -2.09. The van der Waals surface area contributed by atoms with Crippen molar-refractivity contribution in [3.63, 3.8) is 0 Å². The number of phenols is 1. The summed E-state index contributed by atoms with van der Waals surface area (Å²) in [6, 6.07) is 6.96. The molecule has 1 aromatic carbocycles. The molecule has 0 bridgehead atoms. The molecule has 3 N–H and O–H groups in total. The maximum absolute atomic E-state index is 9.22. The lowest BCUT2D eigenvalue weighted by atomic mass is 10.0. The summed E-state index contributed by atoms with van der Waals surface area (Å²) in [7, 11) is 0. The van der Waals surface area contributed by atoms with Crippen molar-refractivity contribution in [2.75, 3.05) is 0 Å². The maximum atomic E-state index is 9.22. The normalized spacial score (nSPS) is 12.5. The van der Waals surface area contributed by atoms with Gasteiger partial charge in [-0.2, -0.15) is 0 Å². The van der Waals surface area contributed by atoms with E-state index >= 15 is 0 Å². The van der Waals surface area contributed by atoms with Crippen molar-refractivity contribution in [2.24, 2.45) is 5.73 Å². The molecule has 1 atom stereocenters. The average molecular weight is 177 g/mol. The minimum Gasteiger partial charge on any atom is -0.508 e. The van der Waals surface area contributed by atoms with Crippen LogP contribution in [0.2, 0.25) is 0 Å². The van der Waals surface area contributed by atoms with Crippen molar-refractivity contribution in [3.8, 4) is 5.75 Å². The fourth-order valence-electron chi connectivity index (χ4n) is 1.25. The molecule has 2 heteroatoms. The number of hydrogen-bond acceptors (Lipinski definition) is 2. The topological polar surface area (TPSA) is 46.2 Å². The van der Waals surface area contributed by atoms with Crippen LogP contribution in [0.5, 0.6) is 5.75 Å². The number of aromatic hydroxyl groups is 1. The molecule has 2 nitrogen and oxygen atoms in total. The van der Waals surface area contributed by atoms with Crippen LogP contribution in [-0.2, 0) is 0 Å². The van der Waals surface area contributed by atoms with Crippen LogP contribution in [0.4, 0.5) is 0 Å². The van der Waals surface area contributed by atoms with E-state index in [-0.39, 0.29) is 11.8 Å². The molecule has 0 saturated heterocycles. The fourth-order valence-corrected chi connectivity index (χ4v) is 1.25. The largest absolute Gasteiger partial charge is 0.508 e. The van der Waals surface area contributed by atoms with Gasteiger partial charge in [-0.15, -0.1) is 6.58 Å². The molecule has 0 aliphatic carbocycles. The van der Waals surface area contributed by atoms with Crippen LogP contribution in [0.15, 0.2) is 36.4 Å². The first-order valence-electron chi connectivity index (χ1n) is 4.28. The number of hydrogen-bond donors (Lipinski definition) is 2. The van der Waals surface area contributed by atoms with Gasteiger partial charge in [0.1, 0.15) is 5.75 Å². The van der Waals surface area contributed by atoms with Crippen molar-refractivity contribution in [1.29, 1.82) is 0 Å². The number of phenolic OH excluding ortho intramolecular Hbond substituents is 1. The van der Waals surface area contributed by atoms with Gasteiger partial charge >= 0.3 is 0 Å². The second-order valence-corrected chi connectivity index (χ2v) is 3.36. The standard InChI is InChI=1S/C11H15NO/c1-8(2)6-11(12)9-4-3-5-10(13)7-9/h3-5,7,11,13H,1,6,12H2,2H3/t11-/m0/s1. The Hall–Kier alpha value is -1.28. The monoisotopic (exact) mass is 177 g/mol. The molecule has 0 aromatic heterocycles. The average Bonchev–Trinajstić information content (AvgIpc) is 2.03. The molecular formula is C11H15NO. The molecule has 70 valence electrons. The molecule has 0 aliphatic heterocycles. The molecule has 0 saturated carbocycles. The van der Waals surface area contributed by atoms with Gasteiger partial charge in [-0.05, 0) is 31.0 Å². The van der Waals surface area contributed by atoms with E-state index in [1.165, 1.54) is 0 Å². The van der Waals surface area contributed by atoms with Crippen LogP contribution < -0.4 is 5.73 Å². The van der Waals surface area contributed by atoms with E-state index in [9.17, 15) is 5.11 Å². The highest BCUT2D eigenvalue weighted by Crippen LogP contribution is 2.20. The molecule has 0 fully saturated rings. The van der Waals surface area contributed by atoms with Crippen molar-refractivity contribution >= 4 is 0 Å². The Balaban J connectivity index is 2.76. The molecular weight excluding hydrogens is 162 g/mol. The highest BCUT2D eigenvalue weighted by molar-refractivity contribution is 5.29. The molecule has 0 radical (unpaired) electrons. The van der Waals surface area contributed by atoms with E-state index in [0.717, 1.165) is 17.6 Å². The predicted octanol–water partition coefficient (Wildman–Crippen LogP) is 2.36. The first kappa shape index (κ1) is 9.81. The molecule has 1 rings (SSSR count). The van der Waals surface area contributed by atoms with Gasteiger partial charge in [0.25, 0.3) is 0 Å². The molecule has 13 heavy (non-hydrogen) atoms. The Morgan fingerprint density at radius 1 is 1.62 bits per heavy atom.